The molecule has 21 heavy (non-hydrogen) atoms. The molecule has 110 valence electrons. The lowest BCUT2D eigenvalue weighted by molar-refractivity contribution is -0.116. The van der Waals surface area contributed by atoms with E-state index < -0.39 is 5.97 Å². The largest absolute Gasteiger partial charge is 0.486 e. The maximum Gasteiger partial charge on any atom is 0.371 e. The van der Waals surface area contributed by atoms with E-state index in [1.165, 1.54) is 6.07 Å². The highest BCUT2D eigenvalue weighted by Gasteiger charge is 2.09. The van der Waals surface area contributed by atoms with Crippen LogP contribution in [0.4, 0.5) is 0 Å². The van der Waals surface area contributed by atoms with Gasteiger partial charge in [-0.25, -0.2) is 4.79 Å². The predicted octanol–water partition coefficient (Wildman–Crippen LogP) is 3.08. The molecular formula is C16H16O5. The summed E-state index contributed by atoms with van der Waals surface area (Å²) in [5, 5.41) is 8.74. The molecule has 0 unspecified atom stereocenters. The molecule has 1 aromatic carbocycles. The van der Waals surface area contributed by atoms with Gasteiger partial charge in [-0.2, -0.15) is 0 Å². The van der Waals surface area contributed by atoms with Crippen LogP contribution < -0.4 is 4.74 Å². The zero-order valence-corrected chi connectivity index (χ0v) is 11.7. The number of benzene rings is 1. The molecule has 0 amide bonds. The molecule has 1 heterocycles. The van der Waals surface area contributed by atoms with E-state index in [4.69, 9.17) is 14.3 Å². The van der Waals surface area contributed by atoms with Crippen LogP contribution in [0.15, 0.2) is 40.8 Å². The average molecular weight is 288 g/mol. The van der Waals surface area contributed by atoms with Gasteiger partial charge in [-0.05, 0) is 43.2 Å². The second kappa shape index (κ2) is 6.74. The number of hydrogen-bond acceptors (Lipinski definition) is 4. The van der Waals surface area contributed by atoms with Gasteiger partial charge in [0.25, 0.3) is 0 Å². The Labute approximate surface area is 122 Å². The van der Waals surface area contributed by atoms with Crippen molar-refractivity contribution in [3.63, 3.8) is 0 Å². The lowest BCUT2D eigenvalue weighted by Crippen LogP contribution is -1.96. The normalized spacial score (nSPS) is 10.3. The molecule has 0 fully saturated rings. The number of carbonyl (C=O) groups excluding carboxylic acids is 1. The van der Waals surface area contributed by atoms with Crippen LogP contribution in [0.2, 0.25) is 0 Å². The Morgan fingerprint density at radius 2 is 1.86 bits per heavy atom. The molecule has 0 bridgehead atoms. The average Bonchev–Trinajstić information content (AvgIpc) is 2.93. The maximum absolute atomic E-state index is 10.9. The number of ketones is 1. The number of carboxylic acids is 1. The molecule has 2 aromatic rings. The van der Waals surface area contributed by atoms with E-state index >= 15 is 0 Å². The third kappa shape index (κ3) is 4.49. The fourth-order valence-corrected chi connectivity index (χ4v) is 1.80. The molecule has 0 saturated carbocycles. The lowest BCUT2D eigenvalue weighted by atomic mass is 10.1. The predicted molar refractivity (Wildman–Crippen MR) is 75.4 cm³/mol. The van der Waals surface area contributed by atoms with Gasteiger partial charge in [-0.1, -0.05) is 12.1 Å². The van der Waals surface area contributed by atoms with Crippen molar-refractivity contribution in [3.05, 3.63) is 53.5 Å². The van der Waals surface area contributed by atoms with Crippen LogP contribution in [0.3, 0.4) is 0 Å². The molecule has 0 aliphatic heterocycles. The summed E-state index contributed by atoms with van der Waals surface area (Å²) in [5.74, 6) is 0.0783. The minimum Gasteiger partial charge on any atom is -0.486 e. The summed E-state index contributed by atoms with van der Waals surface area (Å²) in [4.78, 5) is 21.6. The fourth-order valence-electron chi connectivity index (χ4n) is 1.80. The summed E-state index contributed by atoms with van der Waals surface area (Å²) >= 11 is 0. The van der Waals surface area contributed by atoms with Gasteiger partial charge in [0.05, 0.1) is 0 Å². The second-order valence-corrected chi connectivity index (χ2v) is 4.71. The number of Topliss-reactive ketones (excluding diaryl/α,β-unsaturated/α-hetero) is 1. The number of furan rings is 1. The van der Waals surface area contributed by atoms with Gasteiger partial charge in [-0.3, -0.25) is 0 Å². The monoisotopic (exact) mass is 288 g/mol. The Morgan fingerprint density at radius 3 is 2.43 bits per heavy atom. The molecule has 0 spiro atoms. The van der Waals surface area contributed by atoms with Gasteiger partial charge in [0, 0.05) is 6.42 Å². The maximum atomic E-state index is 10.9. The van der Waals surface area contributed by atoms with Crippen molar-refractivity contribution in [2.45, 2.75) is 26.4 Å². The molecule has 1 N–H and O–H groups in total. The Balaban J connectivity index is 1.88. The Kier molecular flexibility index (Phi) is 4.77. The van der Waals surface area contributed by atoms with Crippen LogP contribution in [0, 0.1) is 0 Å². The van der Waals surface area contributed by atoms with Crippen molar-refractivity contribution in [2.24, 2.45) is 0 Å². The van der Waals surface area contributed by atoms with E-state index in [-0.39, 0.29) is 18.2 Å². The number of aryl methyl sites for hydroxylation is 1. The van der Waals surface area contributed by atoms with Gasteiger partial charge >= 0.3 is 5.97 Å². The summed E-state index contributed by atoms with van der Waals surface area (Å²) < 4.78 is 10.6. The van der Waals surface area contributed by atoms with Gasteiger partial charge < -0.3 is 19.1 Å². The minimum atomic E-state index is -1.10. The number of aromatic carboxylic acids is 1. The van der Waals surface area contributed by atoms with Crippen LogP contribution >= 0.6 is 0 Å². The van der Waals surface area contributed by atoms with Crippen molar-refractivity contribution in [1.82, 2.24) is 0 Å². The summed E-state index contributed by atoms with van der Waals surface area (Å²) in [5.41, 5.74) is 1.07. The summed E-state index contributed by atoms with van der Waals surface area (Å²) in [6.45, 7) is 1.74. The van der Waals surface area contributed by atoms with Crippen LogP contribution in [-0.4, -0.2) is 16.9 Å². The SMILES string of the molecule is CC(=O)CCc1ccc(OCc2ccc(C(=O)O)o2)cc1. The number of rotatable bonds is 7. The zero-order chi connectivity index (χ0) is 15.2. The number of ether oxygens (including phenoxy) is 1. The van der Waals surface area contributed by atoms with E-state index in [2.05, 4.69) is 0 Å². The Bertz CT molecular complexity index is 624. The van der Waals surface area contributed by atoms with E-state index in [0.29, 0.717) is 17.9 Å². The smallest absolute Gasteiger partial charge is 0.371 e. The minimum absolute atomic E-state index is 0.104. The second-order valence-electron chi connectivity index (χ2n) is 4.71. The van der Waals surface area contributed by atoms with E-state index in [9.17, 15) is 9.59 Å². The Morgan fingerprint density at radius 1 is 1.14 bits per heavy atom. The number of hydrogen-bond donors (Lipinski definition) is 1. The molecule has 2 rings (SSSR count). The first kappa shape index (κ1) is 14.8. The van der Waals surface area contributed by atoms with Crippen LogP contribution in [-0.2, 0) is 17.8 Å². The molecule has 5 nitrogen and oxygen atoms in total. The van der Waals surface area contributed by atoms with Crippen molar-refractivity contribution < 1.29 is 23.8 Å². The van der Waals surface area contributed by atoms with Crippen molar-refractivity contribution >= 4 is 11.8 Å². The van der Waals surface area contributed by atoms with Gasteiger partial charge in [0.1, 0.15) is 23.9 Å². The third-order valence-corrected chi connectivity index (χ3v) is 2.94. The van der Waals surface area contributed by atoms with Gasteiger partial charge in [0.2, 0.25) is 5.76 Å². The molecule has 5 heteroatoms. The summed E-state index contributed by atoms with van der Waals surface area (Å²) in [6, 6.07) is 10.4. The third-order valence-electron chi connectivity index (χ3n) is 2.94. The molecule has 1 aromatic heterocycles. The number of carbonyl (C=O) groups is 2. The molecular weight excluding hydrogens is 272 g/mol. The summed E-state index contributed by atoms with van der Waals surface area (Å²) in [6.07, 6.45) is 1.25. The highest BCUT2D eigenvalue weighted by molar-refractivity contribution is 5.84. The molecule has 0 aliphatic rings. The number of carboxylic acid groups (broad SMARTS) is 1. The molecule has 0 saturated heterocycles. The van der Waals surface area contributed by atoms with Crippen molar-refractivity contribution in [1.29, 1.82) is 0 Å². The quantitative estimate of drug-likeness (QED) is 0.847. The summed E-state index contributed by atoms with van der Waals surface area (Å²) in [7, 11) is 0. The van der Waals surface area contributed by atoms with Crippen LogP contribution in [0.1, 0.15) is 35.2 Å². The topological polar surface area (TPSA) is 76.7 Å². The molecule has 0 atom stereocenters. The fraction of sp³-hybridized carbons (Fsp3) is 0.250. The van der Waals surface area contributed by atoms with Crippen LogP contribution in [0.25, 0.3) is 0 Å². The van der Waals surface area contributed by atoms with E-state index in [0.717, 1.165) is 12.0 Å². The van der Waals surface area contributed by atoms with Gasteiger partial charge in [-0.15, -0.1) is 0 Å². The first-order chi connectivity index (χ1) is 10.0. The highest BCUT2D eigenvalue weighted by Crippen LogP contribution is 2.16. The van der Waals surface area contributed by atoms with Crippen molar-refractivity contribution in [2.75, 3.05) is 0 Å². The molecule has 0 radical (unpaired) electrons. The van der Waals surface area contributed by atoms with Crippen LogP contribution in [0.5, 0.6) is 5.75 Å². The van der Waals surface area contributed by atoms with Crippen molar-refractivity contribution in [3.8, 4) is 5.75 Å². The van der Waals surface area contributed by atoms with E-state index in [1.54, 1.807) is 13.0 Å². The lowest BCUT2D eigenvalue weighted by Gasteiger charge is -2.05. The standard InChI is InChI=1S/C16H16O5/c1-11(17)2-3-12-4-6-13(7-5-12)20-10-14-8-9-15(21-14)16(18)19/h4-9H,2-3,10H2,1H3,(H,18,19). The Hall–Kier alpha value is -2.56. The van der Waals surface area contributed by atoms with Gasteiger partial charge in [0.15, 0.2) is 0 Å². The molecule has 0 aliphatic carbocycles. The first-order valence-electron chi connectivity index (χ1n) is 6.58. The zero-order valence-electron chi connectivity index (χ0n) is 11.7. The first-order valence-corrected chi connectivity index (χ1v) is 6.58. The highest BCUT2D eigenvalue weighted by atomic mass is 16.5. The van der Waals surface area contributed by atoms with E-state index in [1.807, 2.05) is 24.3 Å².